The van der Waals surface area contributed by atoms with Gasteiger partial charge < -0.3 is 15.2 Å². The second-order valence-electron chi connectivity index (χ2n) is 4.34. The minimum Gasteiger partial charge on any atom is -0.467 e. The van der Waals surface area contributed by atoms with Crippen LogP contribution >= 0.6 is 0 Å². The van der Waals surface area contributed by atoms with Crippen molar-refractivity contribution in [1.29, 1.82) is 0 Å². The molecule has 0 aliphatic carbocycles. The molecule has 21 heavy (non-hydrogen) atoms. The number of rotatable bonds is 5. The Morgan fingerprint density at radius 2 is 2.19 bits per heavy atom. The maximum Gasteiger partial charge on any atom is 0.294 e. The van der Waals surface area contributed by atoms with Crippen LogP contribution in [-0.2, 0) is 0 Å². The molecule has 1 aromatic heterocycles. The van der Waals surface area contributed by atoms with Crippen molar-refractivity contribution in [2.24, 2.45) is 5.84 Å². The van der Waals surface area contributed by atoms with Gasteiger partial charge in [0.15, 0.2) is 0 Å². The number of nitrogens with two attached hydrogens (primary N) is 1. The number of hydrogen-bond donors (Lipinski definition) is 3. The molecule has 2 aromatic rings. The first kappa shape index (κ1) is 14.5. The number of benzene rings is 1. The van der Waals surface area contributed by atoms with E-state index in [1.807, 2.05) is 0 Å². The van der Waals surface area contributed by atoms with E-state index >= 15 is 0 Å². The lowest BCUT2D eigenvalue weighted by Crippen LogP contribution is -2.26. The maximum absolute atomic E-state index is 12.1. The molecule has 1 aromatic carbocycles. The van der Waals surface area contributed by atoms with E-state index in [2.05, 4.69) is 10.7 Å². The molecule has 1 amide bonds. The van der Waals surface area contributed by atoms with Crippen LogP contribution in [0.2, 0.25) is 0 Å². The first-order chi connectivity index (χ1) is 10.0. The molecule has 0 bridgehead atoms. The van der Waals surface area contributed by atoms with Gasteiger partial charge >= 0.3 is 0 Å². The third-order valence-electron chi connectivity index (χ3n) is 2.93. The highest BCUT2D eigenvalue weighted by Gasteiger charge is 2.19. The smallest absolute Gasteiger partial charge is 0.294 e. The number of nitro groups is 1. The van der Waals surface area contributed by atoms with Crippen molar-refractivity contribution in [2.75, 3.05) is 5.43 Å². The lowest BCUT2D eigenvalue weighted by Gasteiger charge is -2.11. The van der Waals surface area contributed by atoms with Gasteiger partial charge in [-0.25, -0.2) is 0 Å². The van der Waals surface area contributed by atoms with E-state index in [1.54, 1.807) is 19.1 Å². The quantitative estimate of drug-likeness (QED) is 0.439. The molecule has 0 aliphatic heterocycles. The fraction of sp³-hybridized carbons (Fsp3) is 0.154. The van der Waals surface area contributed by atoms with Crippen molar-refractivity contribution in [3.05, 3.63) is 58.0 Å². The first-order valence-electron chi connectivity index (χ1n) is 6.12. The Labute approximate surface area is 120 Å². The van der Waals surface area contributed by atoms with Gasteiger partial charge in [0, 0.05) is 11.6 Å². The molecular formula is C13H14N4O4. The number of amides is 1. The molecule has 4 N–H and O–H groups in total. The largest absolute Gasteiger partial charge is 0.467 e. The molecule has 0 saturated carbocycles. The van der Waals surface area contributed by atoms with Crippen LogP contribution in [0, 0.1) is 10.1 Å². The molecule has 0 spiro atoms. The van der Waals surface area contributed by atoms with Crippen LogP contribution in [0.5, 0.6) is 0 Å². The summed E-state index contributed by atoms with van der Waals surface area (Å²) in [6.45, 7) is 1.75. The number of nitrogen functional groups attached to an aromatic ring is 1. The third kappa shape index (κ3) is 3.18. The molecule has 0 aliphatic rings. The summed E-state index contributed by atoms with van der Waals surface area (Å²) in [6.07, 6.45) is 1.50. The average Bonchev–Trinajstić information content (AvgIpc) is 3.00. The molecule has 1 atom stereocenters. The van der Waals surface area contributed by atoms with Crippen LogP contribution in [0.15, 0.2) is 41.0 Å². The lowest BCUT2D eigenvalue weighted by molar-refractivity contribution is -0.384. The Balaban J connectivity index is 2.19. The van der Waals surface area contributed by atoms with Crippen LogP contribution < -0.4 is 16.6 Å². The van der Waals surface area contributed by atoms with Gasteiger partial charge in [-0.15, -0.1) is 0 Å². The number of furan rings is 1. The number of nitrogens with zero attached hydrogens (tertiary/aromatic N) is 1. The van der Waals surface area contributed by atoms with Crippen molar-refractivity contribution in [2.45, 2.75) is 13.0 Å². The average molecular weight is 290 g/mol. The second-order valence-corrected chi connectivity index (χ2v) is 4.34. The summed E-state index contributed by atoms with van der Waals surface area (Å²) in [4.78, 5) is 22.4. The number of hydrazine groups is 1. The molecule has 8 nitrogen and oxygen atoms in total. The molecule has 8 heteroatoms. The lowest BCUT2D eigenvalue weighted by atomic mass is 10.1. The fourth-order valence-corrected chi connectivity index (χ4v) is 1.83. The van der Waals surface area contributed by atoms with E-state index in [9.17, 15) is 14.9 Å². The third-order valence-corrected chi connectivity index (χ3v) is 2.93. The summed E-state index contributed by atoms with van der Waals surface area (Å²) in [5.74, 6) is 5.35. The normalized spacial score (nSPS) is 11.7. The summed E-state index contributed by atoms with van der Waals surface area (Å²) in [5, 5.41) is 13.6. The molecule has 1 heterocycles. The van der Waals surface area contributed by atoms with Crippen LogP contribution in [0.3, 0.4) is 0 Å². The highest BCUT2D eigenvalue weighted by atomic mass is 16.6. The number of carbonyl (C=O) groups is 1. The number of nitro benzene ring substituents is 1. The zero-order valence-corrected chi connectivity index (χ0v) is 11.2. The molecule has 0 radical (unpaired) electrons. The number of carbonyl (C=O) groups excluding carboxylic acids is 1. The van der Waals surface area contributed by atoms with Crippen LogP contribution in [-0.4, -0.2) is 10.8 Å². The van der Waals surface area contributed by atoms with Crippen molar-refractivity contribution >= 4 is 17.3 Å². The number of anilines is 1. The highest BCUT2D eigenvalue weighted by Crippen LogP contribution is 2.25. The van der Waals surface area contributed by atoms with E-state index in [4.69, 9.17) is 10.3 Å². The Morgan fingerprint density at radius 1 is 1.43 bits per heavy atom. The topological polar surface area (TPSA) is 123 Å². The Bertz CT molecular complexity index is 654. The standard InChI is InChI=1S/C13H14N4O4/c1-8(12-3-2-6-21-12)15-13(18)9-4-5-10(16-14)11(7-9)17(19)20/h2-8,16H,14H2,1H3,(H,15,18). The van der Waals surface area contributed by atoms with E-state index in [0.717, 1.165) is 0 Å². The zero-order valence-electron chi connectivity index (χ0n) is 11.2. The van der Waals surface area contributed by atoms with E-state index in [-0.39, 0.29) is 23.0 Å². The van der Waals surface area contributed by atoms with Crippen molar-refractivity contribution in [3.63, 3.8) is 0 Å². The predicted octanol–water partition coefficient (Wildman–Crippen LogP) is 1.96. The number of nitrogens with one attached hydrogen (secondary N) is 2. The van der Waals surface area contributed by atoms with Crippen molar-refractivity contribution in [3.8, 4) is 0 Å². The highest BCUT2D eigenvalue weighted by molar-refractivity contribution is 5.95. The fourth-order valence-electron chi connectivity index (χ4n) is 1.83. The van der Waals surface area contributed by atoms with Gasteiger partial charge in [0.2, 0.25) is 0 Å². The van der Waals surface area contributed by atoms with Gasteiger partial charge in [-0.3, -0.25) is 20.8 Å². The SMILES string of the molecule is CC(NC(=O)c1ccc(NN)c([N+](=O)[O-])c1)c1ccco1. The summed E-state index contributed by atoms with van der Waals surface area (Å²) >= 11 is 0. The van der Waals surface area contributed by atoms with Crippen LogP contribution in [0.25, 0.3) is 0 Å². The number of hydrogen-bond acceptors (Lipinski definition) is 6. The van der Waals surface area contributed by atoms with Gasteiger partial charge in [0.25, 0.3) is 11.6 Å². The summed E-state index contributed by atoms with van der Waals surface area (Å²) in [7, 11) is 0. The Hall–Kier alpha value is -2.87. The van der Waals surface area contributed by atoms with E-state index < -0.39 is 10.8 Å². The minimum atomic E-state index is -0.609. The van der Waals surface area contributed by atoms with Gasteiger partial charge in [-0.05, 0) is 31.2 Å². The van der Waals surface area contributed by atoms with Gasteiger partial charge in [0.05, 0.1) is 17.2 Å². The summed E-state index contributed by atoms with van der Waals surface area (Å²) < 4.78 is 5.18. The van der Waals surface area contributed by atoms with Crippen LogP contribution in [0.1, 0.15) is 29.1 Å². The van der Waals surface area contributed by atoms with Crippen LogP contribution in [0.4, 0.5) is 11.4 Å². The predicted molar refractivity (Wildman–Crippen MR) is 75.5 cm³/mol. The van der Waals surface area contributed by atoms with Gasteiger partial charge in [-0.1, -0.05) is 0 Å². The zero-order chi connectivity index (χ0) is 15.4. The molecular weight excluding hydrogens is 276 g/mol. The first-order valence-corrected chi connectivity index (χ1v) is 6.12. The van der Waals surface area contributed by atoms with Gasteiger partial charge in [-0.2, -0.15) is 0 Å². The van der Waals surface area contributed by atoms with E-state index in [0.29, 0.717) is 5.76 Å². The Morgan fingerprint density at radius 3 is 2.76 bits per heavy atom. The summed E-state index contributed by atoms with van der Waals surface area (Å²) in [6, 6.07) is 7.09. The monoisotopic (exact) mass is 290 g/mol. The summed E-state index contributed by atoms with van der Waals surface area (Å²) in [5.41, 5.74) is 2.25. The molecule has 1 unspecified atom stereocenters. The molecule has 2 rings (SSSR count). The van der Waals surface area contributed by atoms with Gasteiger partial charge in [0.1, 0.15) is 11.4 Å². The molecule has 110 valence electrons. The molecule has 0 saturated heterocycles. The maximum atomic E-state index is 12.1. The Kier molecular flexibility index (Phi) is 4.19. The minimum absolute atomic E-state index is 0.135. The van der Waals surface area contributed by atoms with E-state index in [1.165, 1.54) is 24.5 Å². The molecule has 0 fully saturated rings. The van der Waals surface area contributed by atoms with Crippen molar-refractivity contribution < 1.29 is 14.1 Å². The second kappa shape index (κ2) is 6.06. The van der Waals surface area contributed by atoms with Crippen molar-refractivity contribution in [1.82, 2.24) is 5.32 Å².